The molecule has 0 spiro atoms. The number of esters is 1. The van der Waals surface area contributed by atoms with Crippen molar-refractivity contribution in [3.63, 3.8) is 0 Å². The van der Waals surface area contributed by atoms with E-state index in [0.717, 1.165) is 9.58 Å². The van der Waals surface area contributed by atoms with Gasteiger partial charge in [-0.1, -0.05) is 77.3 Å². The minimum atomic E-state index is -0.830. The van der Waals surface area contributed by atoms with Crippen molar-refractivity contribution in [3.05, 3.63) is 114 Å². The molecule has 12 heteroatoms. The van der Waals surface area contributed by atoms with Gasteiger partial charge in [0.05, 0.1) is 22.2 Å². The first-order valence-electron chi connectivity index (χ1n) is 12.3. The molecule has 42 heavy (non-hydrogen) atoms. The van der Waals surface area contributed by atoms with Gasteiger partial charge < -0.3 is 9.84 Å². The van der Waals surface area contributed by atoms with Crippen LogP contribution in [0.2, 0.25) is 15.1 Å². The number of hydrogen-bond donors (Lipinski definition) is 0. The normalized spacial score (nSPS) is 14.2. The highest BCUT2D eigenvalue weighted by Gasteiger charge is 2.37. The summed E-state index contributed by atoms with van der Waals surface area (Å²) in [5.41, 5.74) is -0.477. The summed E-state index contributed by atoms with van der Waals surface area (Å²) in [7, 11) is 0. The first-order valence-corrected chi connectivity index (χ1v) is 13.5. The van der Waals surface area contributed by atoms with Gasteiger partial charge in [0.2, 0.25) is 0 Å². The molecule has 1 aromatic heterocycles. The third-order valence-electron chi connectivity index (χ3n) is 6.04. The highest BCUT2D eigenvalue weighted by molar-refractivity contribution is 6.54. The van der Waals surface area contributed by atoms with Crippen LogP contribution in [0.15, 0.2) is 82.2 Å². The summed E-state index contributed by atoms with van der Waals surface area (Å²) >= 11 is 18.5. The number of rotatable bonds is 7. The molecule has 0 unspecified atom stereocenters. The third kappa shape index (κ3) is 5.87. The number of hydrazone groups is 1. The van der Waals surface area contributed by atoms with Gasteiger partial charge in [0.15, 0.2) is 5.71 Å². The fourth-order valence-corrected chi connectivity index (χ4v) is 5.07. The van der Waals surface area contributed by atoms with E-state index in [0.29, 0.717) is 5.69 Å². The molecule has 212 valence electrons. The second-order valence-corrected chi connectivity index (χ2v) is 9.89. The van der Waals surface area contributed by atoms with E-state index < -0.39 is 23.3 Å². The maximum absolute atomic E-state index is 13.3. The Kier molecular flexibility index (Phi) is 9.33. The maximum atomic E-state index is 13.3. The molecular weight excluding hydrogens is 603 g/mol. The van der Waals surface area contributed by atoms with Crippen molar-refractivity contribution in [1.29, 1.82) is 5.26 Å². The number of hydrogen-bond acceptors (Lipinski definition) is 7. The monoisotopic (exact) mass is 621 g/mol. The fourth-order valence-electron chi connectivity index (χ4n) is 4.09. The standard InChI is InChI=1S/C30H21Cl3N4O5/c1-3-42-30(41)25-21(29(40)37(35-25)26-23(32)14-18(31)15-24(26)33)13-9-5-8-12-20-17(2)22(16-34)28(39)36(27(20)38)19-10-6-4-7-11-19/h4-15,38H,3H2,1-2H3/p-1/b9-5?,12-8?,21-13-. The summed E-state index contributed by atoms with van der Waals surface area (Å²) in [5.74, 6) is -2.12. The van der Waals surface area contributed by atoms with Crippen molar-refractivity contribution in [2.45, 2.75) is 13.8 Å². The average molecular weight is 623 g/mol. The number of halogens is 3. The van der Waals surface area contributed by atoms with Crippen molar-refractivity contribution >= 4 is 64.2 Å². The van der Waals surface area contributed by atoms with Gasteiger partial charge in [-0.25, -0.2) is 4.79 Å². The number of aromatic nitrogens is 1. The van der Waals surface area contributed by atoms with E-state index in [4.69, 9.17) is 39.5 Å². The highest BCUT2D eigenvalue weighted by Crippen LogP contribution is 2.39. The summed E-state index contributed by atoms with van der Waals surface area (Å²) in [6, 6.07) is 12.9. The van der Waals surface area contributed by atoms with Gasteiger partial charge in [-0.05, 0) is 61.2 Å². The Balaban J connectivity index is 1.70. The van der Waals surface area contributed by atoms with Gasteiger partial charge in [0.25, 0.3) is 11.5 Å². The molecule has 0 atom stereocenters. The zero-order chi connectivity index (χ0) is 30.6. The third-order valence-corrected chi connectivity index (χ3v) is 6.84. The lowest BCUT2D eigenvalue weighted by Crippen LogP contribution is -2.26. The van der Waals surface area contributed by atoms with Crippen molar-refractivity contribution < 1.29 is 19.4 Å². The topological polar surface area (TPSA) is 128 Å². The van der Waals surface area contributed by atoms with Crippen LogP contribution in [0.25, 0.3) is 11.8 Å². The molecule has 9 nitrogen and oxygen atoms in total. The van der Waals surface area contributed by atoms with Crippen LogP contribution in [-0.4, -0.2) is 28.8 Å². The molecule has 0 radical (unpaired) electrons. The van der Waals surface area contributed by atoms with Gasteiger partial charge in [-0.2, -0.15) is 15.4 Å². The zero-order valence-corrected chi connectivity index (χ0v) is 24.4. The predicted molar refractivity (Wildman–Crippen MR) is 160 cm³/mol. The molecule has 0 saturated heterocycles. The molecule has 0 fully saturated rings. The lowest BCUT2D eigenvalue weighted by Gasteiger charge is -2.22. The van der Waals surface area contributed by atoms with Crippen molar-refractivity contribution in [3.8, 4) is 17.6 Å². The van der Waals surface area contributed by atoms with Crippen LogP contribution in [0.3, 0.4) is 0 Å². The number of anilines is 1. The number of para-hydroxylation sites is 1. The largest absolute Gasteiger partial charge is 0.859 e. The molecular formula is C30H20Cl3N4O5-. The summed E-state index contributed by atoms with van der Waals surface area (Å²) in [4.78, 5) is 38.7. The van der Waals surface area contributed by atoms with Crippen LogP contribution >= 0.6 is 34.8 Å². The number of carbonyl (C=O) groups excluding carboxylic acids is 2. The fraction of sp³-hybridized carbons (Fsp3) is 0.100. The van der Waals surface area contributed by atoms with E-state index in [1.807, 2.05) is 6.07 Å². The summed E-state index contributed by atoms with van der Waals surface area (Å²) in [6.45, 7) is 3.18. The van der Waals surface area contributed by atoms with Crippen LogP contribution in [-0.2, 0) is 14.3 Å². The second-order valence-electron chi connectivity index (χ2n) is 8.64. The van der Waals surface area contributed by atoms with E-state index in [1.54, 1.807) is 37.3 Å². The van der Waals surface area contributed by atoms with Gasteiger partial charge in [-0.3, -0.25) is 14.2 Å². The molecule has 1 aliphatic rings. The number of nitrogens with zero attached hydrogens (tertiary/aromatic N) is 4. The van der Waals surface area contributed by atoms with Gasteiger partial charge in [0, 0.05) is 10.7 Å². The van der Waals surface area contributed by atoms with E-state index in [9.17, 15) is 24.8 Å². The van der Waals surface area contributed by atoms with Gasteiger partial charge in [-0.15, -0.1) is 0 Å². The minimum absolute atomic E-state index is 0.0436. The SMILES string of the molecule is CCOC(=O)C1=NN(c2c(Cl)cc(Cl)cc2Cl)C(=O)/C1=C\C=CC=Cc1c(C)c(C#N)c(=O)n(-c2ccccc2)c1[O-]. The highest BCUT2D eigenvalue weighted by atomic mass is 35.5. The van der Waals surface area contributed by atoms with Crippen LogP contribution < -0.4 is 15.7 Å². The van der Waals surface area contributed by atoms with E-state index >= 15 is 0 Å². The Morgan fingerprint density at radius 3 is 2.38 bits per heavy atom. The zero-order valence-electron chi connectivity index (χ0n) is 22.1. The first kappa shape index (κ1) is 30.3. The molecule has 2 heterocycles. The van der Waals surface area contributed by atoms with Crippen molar-refractivity contribution in [1.82, 2.24) is 4.57 Å². The lowest BCUT2D eigenvalue weighted by atomic mass is 10.0. The van der Waals surface area contributed by atoms with Gasteiger partial charge >= 0.3 is 5.97 Å². The van der Waals surface area contributed by atoms with Crippen LogP contribution in [0, 0.1) is 18.3 Å². The van der Waals surface area contributed by atoms with Crippen LogP contribution in [0.4, 0.5) is 5.69 Å². The minimum Gasteiger partial charge on any atom is -0.859 e. The van der Waals surface area contributed by atoms with Crippen molar-refractivity contribution in [2.24, 2.45) is 5.10 Å². The predicted octanol–water partition coefficient (Wildman–Crippen LogP) is 5.51. The Labute approximate surface area is 255 Å². The van der Waals surface area contributed by atoms with E-state index in [2.05, 4.69) is 5.10 Å². The summed E-state index contributed by atoms with van der Waals surface area (Å²) in [5, 5.41) is 28.2. The molecule has 3 aromatic rings. The molecule has 0 bridgehead atoms. The number of allylic oxidation sites excluding steroid dienone is 4. The smallest absolute Gasteiger partial charge is 0.359 e. The molecule has 4 rings (SSSR count). The number of benzene rings is 2. The quantitative estimate of drug-likeness (QED) is 0.194. The molecule has 1 amide bonds. The first-order chi connectivity index (χ1) is 20.1. The van der Waals surface area contributed by atoms with E-state index in [1.165, 1.54) is 49.4 Å². The van der Waals surface area contributed by atoms with Crippen LogP contribution in [0.1, 0.15) is 23.6 Å². The van der Waals surface area contributed by atoms with Gasteiger partial charge in [0.1, 0.15) is 17.3 Å². The van der Waals surface area contributed by atoms with Crippen LogP contribution in [0.5, 0.6) is 5.88 Å². The number of amides is 1. The summed E-state index contributed by atoms with van der Waals surface area (Å²) < 4.78 is 6.00. The number of carbonyl (C=O) groups is 2. The average Bonchev–Trinajstić information content (AvgIpc) is 3.26. The van der Waals surface area contributed by atoms with Crippen molar-refractivity contribution in [2.75, 3.05) is 11.6 Å². The molecule has 0 aliphatic carbocycles. The Hall–Kier alpha value is -4.62. The Morgan fingerprint density at radius 1 is 1.10 bits per heavy atom. The number of pyridine rings is 1. The summed E-state index contributed by atoms with van der Waals surface area (Å²) in [6.07, 6.45) is 7.23. The molecule has 0 saturated carbocycles. The number of ether oxygens (including phenoxy) is 1. The van der Waals surface area contributed by atoms with E-state index in [-0.39, 0.29) is 55.3 Å². The second kappa shape index (κ2) is 12.9. The molecule has 2 aromatic carbocycles. The lowest BCUT2D eigenvalue weighted by molar-refractivity contribution is -0.278. The molecule has 0 N–H and O–H groups in total. The Morgan fingerprint density at radius 2 is 1.76 bits per heavy atom. The Bertz CT molecular complexity index is 1800. The maximum Gasteiger partial charge on any atom is 0.359 e. The number of nitriles is 1. The molecule has 1 aliphatic heterocycles.